The number of carbonyl (C=O) groups excluding carboxylic acids is 1. The van der Waals surface area contributed by atoms with Gasteiger partial charge in [0.2, 0.25) is 0 Å². The summed E-state index contributed by atoms with van der Waals surface area (Å²) >= 11 is 0. The van der Waals surface area contributed by atoms with Gasteiger partial charge in [-0.2, -0.15) is 0 Å². The van der Waals surface area contributed by atoms with Gasteiger partial charge in [-0.25, -0.2) is 9.18 Å². The quantitative estimate of drug-likeness (QED) is 0.640. The molecule has 0 bridgehead atoms. The second kappa shape index (κ2) is 8.59. The summed E-state index contributed by atoms with van der Waals surface area (Å²) in [5, 5.41) is 15.5. The maximum atomic E-state index is 12.8. The number of hydrogen-bond acceptors (Lipinski definition) is 3. The Labute approximate surface area is 124 Å². The Balaban J connectivity index is 2.32. The van der Waals surface area contributed by atoms with Gasteiger partial charge in [-0.3, -0.25) is 0 Å². The van der Waals surface area contributed by atoms with Crippen LogP contribution in [0.1, 0.15) is 25.8 Å². The Morgan fingerprint density at radius 3 is 2.62 bits per heavy atom. The van der Waals surface area contributed by atoms with Crippen molar-refractivity contribution in [2.45, 2.75) is 25.9 Å². The first-order valence-corrected chi connectivity index (χ1v) is 7.03. The van der Waals surface area contributed by atoms with E-state index in [1.54, 1.807) is 6.92 Å². The SMILES string of the molecule is CCOCCCNC(=O)NCC(C)(O)c1ccc(F)cc1. The Morgan fingerprint density at radius 1 is 1.33 bits per heavy atom. The molecule has 2 amide bonds. The third-order valence-electron chi connectivity index (χ3n) is 3.01. The first kappa shape index (κ1) is 17.4. The molecule has 0 aliphatic heterocycles. The van der Waals surface area contributed by atoms with Crippen molar-refractivity contribution in [3.8, 4) is 0 Å². The summed E-state index contributed by atoms with van der Waals surface area (Å²) in [5.74, 6) is -0.366. The Bertz CT molecular complexity index is 435. The van der Waals surface area contributed by atoms with Crippen molar-refractivity contribution in [1.29, 1.82) is 0 Å². The summed E-state index contributed by atoms with van der Waals surface area (Å²) in [6, 6.07) is 5.19. The van der Waals surface area contributed by atoms with E-state index in [0.717, 1.165) is 6.42 Å². The van der Waals surface area contributed by atoms with Gasteiger partial charge in [0, 0.05) is 19.8 Å². The van der Waals surface area contributed by atoms with Gasteiger partial charge in [0.15, 0.2) is 0 Å². The van der Waals surface area contributed by atoms with Crippen LogP contribution in [0.5, 0.6) is 0 Å². The molecule has 1 aromatic carbocycles. The Morgan fingerprint density at radius 2 is 2.00 bits per heavy atom. The summed E-state index contributed by atoms with van der Waals surface area (Å²) in [5.41, 5.74) is -0.711. The molecule has 118 valence electrons. The molecule has 5 nitrogen and oxygen atoms in total. The molecule has 0 radical (unpaired) electrons. The standard InChI is InChI=1S/C15H23FN2O3/c1-3-21-10-4-9-17-14(19)18-11-15(2,20)12-5-7-13(16)8-6-12/h5-8,20H,3-4,9-11H2,1-2H3,(H2,17,18,19). The Kier molecular flexibility index (Phi) is 7.11. The highest BCUT2D eigenvalue weighted by Crippen LogP contribution is 2.19. The van der Waals surface area contributed by atoms with E-state index in [-0.39, 0.29) is 18.4 Å². The number of urea groups is 1. The molecule has 1 atom stereocenters. The predicted octanol–water partition coefficient (Wildman–Crippen LogP) is 1.76. The zero-order valence-electron chi connectivity index (χ0n) is 12.5. The van der Waals surface area contributed by atoms with Crippen LogP contribution in [0.15, 0.2) is 24.3 Å². The number of ether oxygens (including phenoxy) is 1. The van der Waals surface area contributed by atoms with Crippen LogP contribution in [0, 0.1) is 5.82 Å². The number of aliphatic hydroxyl groups is 1. The van der Waals surface area contributed by atoms with Crippen LogP contribution in [-0.2, 0) is 10.3 Å². The number of nitrogens with one attached hydrogen (secondary N) is 2. The minimum Gasteiger partial charge on any atom is -0.384 e. The van der Waals surface area contributed by atoms with E-state index < -0.39 is 5.60 Å². The largest absolute Gasteiger partial charge is 0.384 e. The smallest absolute Gasteiger partial charge is 0.314 e. The van der Waals surface area contributed by atoms with Crippen LogP contribution in [0.25, 0.3) is 0 Å². The maximum absolute atomic E-state index is 12.8. The lowest BCUT2D eigenvalue weighted by atomic mass is 9.96. The molecule has 3 N–H and O–H groups in total. The average Bonchev–Trinajstić information content (AvgIpc) is 2.45. The molecule has 6 heteroatoms. The Hall–Kier alpha value is -1.66. The topological polar surface area (TPSA) is 70.6 Å². The highest BCUT2D eigenvalue weighted by atomic mass is 19.1. The number of rotatable bonds is 8. The van der Waals surface area contributed by atoms with Gasteiger partial charge in [-0.05, 0) is 38.0 Å². The van der Waals surface area contributed by atoms with Gasteiger partial charge in [0.25, 0.3) is 0 Å². The first-order chi connectivity index (χ1) is 9.95. The van der Waals surface area contributed by atoms with Gasteiger partial charge in [-0.1, -0.05) is 12.1 Å². The summed E-state index contributed by atoms with van der Waals surface area (Å²) in [4.78, 5) is 11.6. The molecule has 0 aromatic heterocycles. The normalized spacial score (nSPS) is 13.5. The van der Waals surface area contributed by atoms with Gasteiger partial charge < -0.3 is 20.5 Å². The van der Waals surface area contributed by atoms with E-state index in [1.807, 2.05) is 6.92 Å². The lowest BCUT2D eigenvalue weighted by molar-refractivity contribution is 0.0593. The number of hydrogen-bond donors (Lipinski definition) is 3. The van der Waals surface area contributed by atoms with Crippen molar-refractivity contribution in [2.24, 2.45) is 0 Å². The van der Waals surface area contributed by atoms with Gasteiger partial charge in [0.1, 0.15) is 11.4 Å². The average molecular weight is 298 g/mol. The molecule has 0 aliphatic carbocycles. The maximum Gasteiger partial charge on any atom is 0.314 e. The molecular formula is C15H23FN2O3. The monoisotopic (exact) mass is 298 g/mol. The van der Waals surface area contributed by atoms with Crippen LogP contribution in [0.4, 0.5) is 9.18 Å². The zero-order chi connectivity index (χ0) is 15.7. The molecule has 0 aliphatic rings. The van der Waals surface area contributed by atoms with Crippen molar-refractivity contribution < 1.29 is 19.0 Å². The molecule has 0 saturated carbocycles. The van der Waals surface area contributed by atoms with Gasteiger partial charge >= 0.3 is 6.03 Å². The fraction of sp³-hybridized carbons (Fsp3) is 0.533. The van der Waals surface area contributed by atoms with E-state index in [2.05, 4.69) is 10.6 Å². The second-order valence-corrected chi connectivity index (χ2v) is 4.94. The second-order valence-electron chi connectivity index (χ2n) is 4.94. The van der Waals surface area contributed by atoms with Gasteiger partial charge in [-0.15, -0.1) is 0 Å². The van der Waals surface area contributed by atoms with Gasteiger partial charge in [0.05, 0.1) is 6.54 Å². The highest BCUT2D eigenvalue weighted by Gasteiger charge is 2.23. The molecule has 1 aromatic rings. The lowest BCUT2D eigenvalue weighted by Crippen LogP contribution is -2.43. The molecule has 0 fully saturated rings. The molecule has 1 rings (SSSR count). The van der Waals surface area contributed by atoms with Crippen molar-refractivity contribution in [3.63, 3.8) is 0 Å². The van der Waals surface area contributed by atoms with Crippen LogP contribution >= 0.6 is 0 Å². The van der Waals surface area contributed by atoms with E-state index in [1.165, 1.54) is 24.3 Å². The first-order valence-electron chi connectivity index (χ1n) is 7.03. The van der Waals surface area contributed by atoms with Crippen molar-refractivity contribution in [3.05, 3.63) is 35.6 Å². The molecule has 1 unspecified atom stereocenters. The summed E-state index contributed by atoms with van der Waals surface area (Å²) in [6.07, 6.45) is 0.732. The molecule has 0 spiro atoms. The highest BCUT2D eigenvalue weighted by molar-refractivity contribution is 5.73. The van der Waals surface area contributed by atoms with Crippen LogP contribution in [-0.4, -0.2) is 37.4 Å². The van der Waals surface area contributed by atoms with E-state index in [9.17, 15) is 14.3 Å². The van der Waals surface area contributed by atoms with Crippen molar-refractivity contribution >= 4 is 6.03 Å². The van der Waals surface area contributed by atoms with E-state index >= 15 is 0 Å². The third-order valence-corrected chi connectivity index (χ3v) is 3.01. The number of halogens is 1. The number of amides is 2. The molecule has 0 saturated heterocycles. The molecule has 21 heavy (non-hydrogen) atoms. The van der Waals surface area contributed by atoms with Crippen molar-refractivity contribution in [1.82, 2.24) is 10.6 Å². The zero-order valence-corrected chi connectivity index (χ0v) is 12.5. The third kappa shape index (κ3) is 6.55. The minimum absolute atomic E-state index is 0.0376. The molecule has 0 heterocycles. The van der Waals surface area contributed by atoms with Crippen LogP contribution in [0.3, 0.4) is 0 Å². The van der Waals surface area contributed by atoms with Crippen molar-refractivity contribution in [2.75, 3.05) is 26.3 Å². The number of benzene rings is 1. The van der Waals surface area contributed by atoms with E-state index in [4.69, 9.17) is 4.74 Å². The fourth-order valence-electron chi connectivity index (χ4n) is 1.75. The summed E-state index contributed by atoms with van der Waals surface area (Å²) < 4.78 is 18.0. The lowest BCUT2D eigenvalue weighted by Gasteiger charge is -2.24. The number of carbonyl (C=O) groups is 1. The van der Waals surface area contributed by atoms with E-state index in [0.29, 0.717) is 25.3 Å². The predicted molar refractivity (Wildman–Crippen MR) is 78.5 cm³/mol. The molecular weight excluding hydrogens is 275 g/mol. The minimum atomic E-state index is -1.25. The fourth-order valence-corrected chi connectivity index (χ4v) is 1.75. The van der Waals surface area contributed by atoms with Crippen LogP contribution < -0.4 is 10.6 Å². The summed E-state index contributed by atoms with van der Waals surface area (Å²) in [7, 11) is 0. The summed E-state index contributed by atoms with van der Waals surface area (Å²) in [6.45, 7) is 5.28. The van der Waals surface area contributed by atoms with Crippen LogP contribution in [0.2, 0.25) is 0 Å².